The number of nitrogens with one attached hydrogen (secondary N) is 2. The van der Waals surface area contributed by atoms with E-state index in [0.29, 0.717) is 32.6 Å². The number of H-pyrrole nitrogens is 1. The van der Waals surface area contributed by atoms with Crippen LogP contribution in [0.1, 0.15) is 36.2 Å². The Hall–Kier alpha value is -3.59. The first kappa shape index (κ1) is 23.2. The molecule has 9 heteroatoms. The third-order valence-electron chi connectivity index (χ3n) is 7.13. The minimum absolute atomic E-state index is 0.0398. The summed E-state index contributed by atoms with van der Waals surface area (Å²) in [6.07, 6.45) is 4.52. The summed E-state index contributed by atoms with van der Waals surface area (Å²) in [4.78, 5) is 37.3. The number of carbonyl (C=O) groups is 2. The molecule has 9 nitrogen and oxygen atoms in total. The first-order valence-electron chi connectivity index (χ1n) is 12.0. The van der Waals surface area contributed by atoms with E-state index in [2.05, 4.69) is 15.3 Å². The van der Waals surface area contributed by atoms with Crippen molar-refractivity contribution in [3.05, 3.63) is 59.5 Å². The van der Waals surface area contributed by atoms with Crippen molar-refractivity contribution in [1.82, 2.24) is 25.1 Å². The second-order valence-electron chi connectivity index (χ2n) is 9.45. The van der Waals surface area contributed by atoms with Crippen molar-refractivity contribution in [2.24, 2.45) is 0 Å². The number of ether oxygens (including phenoxy) is 1. The van der Waals surface area contributed by atoms with Crippen LogP contribution in [-0.4, -0.2) is 76.7 Å². The molecule has 3 N–H and O–H groups in total. The van der Waals surface area contributed by atoms with Crippen molar-refractivity contribution in [3.8, 4) is 5.75 Å². The third-order valence-corrected chi connectivity index (χ3v) is 7.13. The van der Waals surface area contributed by atoms with E-state index in [4.69, 9.17) is 4.74 Å². The fraction of sp³-hybridized carbons (Fsp3) is 0.423. The molecular weight excluding hydrogens is 446 g/mol. The SMILES string of the molecule is CCCNC(=O)N1CC2(CN(C(=O)Cc3cccnc3)C2)c2c([nH]c3cc(OC)ccc23)[C@H]1CO. The van der Waals surface area contributed by atoms with Crippen LogP contribution in [0, 0.1) is 0 Å². The average molecular weight is 478 g/mol. The zero-order valence-electron chi connectivity index (χ0n) is 20.1. The summed E-state index contributed by atoms with van der Waals surface area (Å²) in [5, 5.41) is 14.3. The van der Waals surface area contributed by atoms with Gasteiger partial charge in [0.2, 0.25) is 5.91 Å². The maximum Gasteiger partial charge on any atom is 0.318 e. The van der Waals surface area contributed by atoms with E-state index in [1.54, 1.807) is 24.4 Å². The van der Waals surface area contributed by atoms with E-state index in [9.17, 15) is 14.7 Å². The Morgan fingerprint density at radius 2 is 2.11 bits per heavy atom. The molecule has 184 valence electrons. The third kappa shape index (κ3) is 3.99. The van der Waals surface area contributed by atoms with Crippen LogP contribution in [0.3, 0.4) is 0 Å². The first-order chi connectivity index (χ1) is 17.0. The van der Waals surface area contributed by atoms with Gasteiger partial charge in [0.05, 0.1) is 31.6 Å². The highest BCUT2D eigenvalue weighted by Crippen LogP contribution is 2.48. The number of aliphatic hydroxyl groups is 1. The summed E-state index contributed by atoms with van der Waals surface area (Å²) in [5.41, 5.74) is 3.26. The lowest BCUT2D eigenvalue weighted by molar-refractivity contribution is -0.139. The van der Waals surface area contributed by atoms with E-state index in [1.165, 1.54) is 0 Å². The van der Waals surface area contributed by atoms with Crippen molar-refractivity contribution in [1.29, 1.82) is 0 Å². The smallest absolute Gasteiger partial charge is 0.318 e. The monoisotopic (exact) mass is 477 g/mol. The van der Waals surface area contributed by atoms with Crippen LogP contribution in [0.4, 0.5) is 4.79 Å². The van der Waals surface area contributed by atoms with Gasteiger partial charge in [-0.25, -0.2) is 4.79 Å². The van der Waals surface area contributed by atoms with Crippen molar-refractivity contribution in [3.63, 3.8) is 0 Å². The number of aliphatic hydroxyl groups excluding tert-OH is 1. The normalized spacial score (nSPS) is 18.3. The van der Waals surface area contributed by atoms with Crippen LogP contribution in [0.15, 0.2) is 42.7 Å². The molecule has 2 aromatic heterocycles. The summed E-state index contributed by atoms with van der Waals surface area (Å²) in [5.74, 6) is 0.767. The number of aromatic nitrogens is 2. The lowest BCUT2D eigenvalue weighted by Gasteiger charge is -2.56. The van der Waals surface area contributed by atoms with Crippen LogP contribution in [0.2, 0.25) is 0 Å². The zero-order valence-corrected chi connectivity index (χ0v) is 20.1. The van der Waals surface area contributed by atoms with Gasteiger partial charge in [0.15, 0.2) is 0 Å². The van der Waals surface area contributed by atoms with Crippen LogP contribution in [0.5, 0.6) is 5.75 Å². The average Bonchev–Trinajstić information content (AvgIpc) is 3.24. The van der Waals surface area contributed by atoms with Gasteiger partial charge in [-0.05, 0) is 35.7 Å². The molecule has 2 aliphatic rings. The van der Waals surface area contributed by atoms with Gasteiger partial charge in [0, 0.05) is 61.2 Å². The molecule has 5 rings (SSSR count). The second kappa shape index (κ2) is 9.22. The number of likely N-dealkylation sites (tertiary alicyclic amines) is 1. The standard InChI is InChI=1S/C26H31N5O4/c1-3-8-28-25(34)31-16-26(14-30(15-26)22(33)10-17-5-4-9-27-12-17)23-19-7-6-18(35-2)11-20(19)29-24(23)21(31)13-32/h4-7,9,11-12,21,29,32H,3,8,10,13-16H2,1-2H3,(H,28,34)/t21-/m1/s1. The number of aromatic amines is 1. The quantitative estimate of drug-likeness (QED) is 0.505. The Labute approximate surface area is 204 Å². The van der Waals surface area contributed by atoms with E-state index in [1.807, 2.05) is 42.2 Å². The molecule has 0 aliphatic carbocycles. The molecule has 0 radical (unpaired) electrons. The Bertz CT molecular complexity index is 1240. The van der Waals surface area contributed by atoms with E-state index in [0.717, 1.165) is 39.9 Å². The van der Waals surface area contributed by atoms with Gasteiger partial charge in [-0.2, -0.15) is 0 Å². The van der Waals surface area contributed by atoms with Gasteiger partial charge < -0.3 is 29.9 Å². The van der Waals surface area contributed by atoms with E-state index in [-0.39, 0.29) is 18.5 Å². The number of methoxy groups -OCH3 is 1. The number of nitrogens with zero attached hydrogens (tertiary/aromatic N) is 3. The summed E-state index contributed by atoms with van der Waals surface area (Å²) in [6.45, 7) is 3.81. The van der Waals surface area contributed by atoms with Gasteiger partial charge >= 0.3 is 6.03 Å². The number of hydrogen-bond donors (Lipinski definition) is 3. The highest BCUT2D eigenvalue weighted by Gasteiger charge is 2.54. The molecule has 1 saturated heterocycles. The Morgan fingerprint density at radius 1 is 1.29 bits per heavy atom. The molecule has 1 aromatic carbocycles. The predicted octanol–water partition coefficient (Wildman–Crippen LogP) is 2.36. The first-order valence-corrected chi connectivity index (χ1v) is 12.0. The molecule has 0 unspecified atom stereocenters. The largest absolute Gasteiger partial charge is 0.497 e. The highest BCUT2D eigenvalue weighted by molar-refractivity contribution is 5.90. The van der Waals surface area contributed by atoms with Crippen molar-refractivity contribution in [2.45, 2.75) is 31.2 Å². The van der Waals surface area contributed by atoms with Gasteiger partial charge in [-0.1, -0.05) is 13.0 Å². The van der Waals surface area contributed by atoms with Crippen LogP contribution < -0.4 is 10.1 Å². The Kier molecular flexibility index (Phi) is 6.10. The lowest BCUT2D eigenvalue weighted by Crippen LogP contribution is -2.68. The summed E-state index contributed by atoms with van der Waals surface area (Å²) >= 11 is 0. The number of urea groups is 1. The minimum Gasteiger partial charge on any atom is -0.497 e. The number of amides is 3. The van der Waals surface area contributed by atoms with Gasteiger partial charge in [0.25, 0.3) is 0 Å². The van der Waals surface area contributed by atoms with Crippen LogP contribution >= 0.6 is 0 Å². The lowest BCUT2D eigenvalue weighted by atomic mass is 9.68. The second-order valence-corrected chi connectivity index (χ2v) is 9.45. The maximum atomic E-state index is 13.1. The molecule has 1 atom stereocenters. The van der Waals surface area contributed by atoms with Gasteiger partial charge in [-0.3, -0.25) is 9.78 Å². The summed E-state index contributed by atoms with van der Waals surface area (Å²) < 4.78 is 5.41. The van der Waals surface area contributed by atoms with Gasteiger partial charge in [-0.15, -0.1) is 0 Å². The fourth-order valence-electron chi connectivity index (χ4n) is 5.46. The number of benzene rings is 1. The van der Waals surface area contributed by atoms with Crippen molar-refractivity contribution < 1.29 is 19.4 Å². The molecule has 2 aliphatic heterocycles. The van der Waals surface area contributed by atoms with Crippen molar-refractivity contribution in [2.75, 3.05) is 39.9 Å². The topological polar surface area (TPSA) is 111 Å². The number of pyridine rings is 1. The molecule has 3 amide bonds. The summed E-state index contributed by atoms with van der Waals surface area (Å²) in [6, 6.07) is 8.91. The van der Waals surface area contributed by atoms with Crippen LogP contribution in [0.25, 0.3) is 10.9 Å². The molecule has 1 spiro atoms. The molecule has 0 saturated carbocycles. The number of carbonyl (C=O) groups excluding carboxylic acids is 2. The molecule has 1 fully saturated rings. The van der Waals surface area contributed by atoms with Gasteiger partial charge in [0.1, 0.15) is 5.75 Å². The van der Waals surface area contributed by atoms with E-state index < -0.39 is 11.5 Å². The minimum atomic E-state index is -0.494. The fourth-order valence-corrected chi connectivity index (χ4v) is 5.46. The molecule has 4 heterocycles. The van der Waals surface area contributed by atoms with Crippen LogP contribution in [-0.2, 0) is 16.6 Å². The molecule has 3 aromatic rings. The van der Waals surface area contributed by atoms with Crippen molar-refractivity contribution >= 4 is 22.8 Å². The molecule has 35 heavy (non-hydrogen) atoms. The van der Waals surface area contributed by atoms with E-state index >= 15 is 0 Å². The number of fused-ring (bicyclic) bond motifs is 4. The molecular formula is C26H31N5O4. The number of hydrogen-bond acceptors (Lipinski definition) is 5. The Balaban J connectivity index is 1.50. The zero-order chi connectivity index (χ0) is 24.6. The maximum absolute atomic E-state index is 13.1. The Morgan fingerprint density at radius 3 is 2.80 bits per heavy atom. The predicted molar refractivity (Wildman–Crippen MR) is 131 cm³/mol. The molecule has 0 bridgehead atoms. The summed E-state index contributed by atoms with van der Waals surface area (Å²) in [7, 11) is 1.62. The number of rotatable bonds is 6. The highest BCUT2D eigenvalue weighted by atomic mass is 16.5.